The fraction of sp³-hybridized carbons (Fsp3) is 0.591. The molecule has 0 heterocycles. The molecule has 1 atom stereocenters. The number of carbonyl (C=O) groups is 1. The molecule has 0 N–H and O–H groups in total. The number of hydrogen-bond donors (Lipinski definition) is 0. The van der Waals surface area contributed by atoms with Crippen LogP contribution in [0.5, 0.6) is 0 Å². The minimum absolute atomic E-state index is 0.250. The molecule has 130 valence electrons. The molecule has 1 aromatic rings. The summed E-state index contributed by atoms with van der Waals surface area (Å²) in [6, 6.07) is 8.61. The van der Waals surface area contributed by atoms with E-state index in [1.807, 2.05) is 26.8 Å². The Balaban J connectivity index is 0.00000232. The van der Waals surface area contributed by atoms with Crippen molar-refractivity contribution < 1.29 is 4.79 Å². The molecular formula is C22H36O. The smallest absolute Gasteiger partial charge is 0.155 e. The van der Waals surface area contributed by atoms with Gasteiger partial charge in [-0.1, -0.05) is 89.3 Å². The molecule has 0 radical (unpaired) electrons. The number of benzene rings is 1. The van der Waals surface area contributed by atoms with Crippen LogP contribution in [0.4, 0.5) is 0 Å². The predicted molar refractivity (Wildman–Crippen MR) is 103 cm³/mol. The number of rotatable bonds is 9. The molecule has 0 bridgehead atoms. The molecule has 1 nitrogen and oxygen atoms in total. The van der Waals surface area contributed by atoms with Crippen molar-refractivity contribution in [3.8, 4) is 0 Å². The van der Waals surface area contributed by atoms with Crippen molar-refractivity contribution in [3.63, 3.8) is 0 Å². The van der Waals surface area contributed by atoms with Crippen LogP contribution in [0.3, 0.4) is 0 Å². The molecule has 0 fully saturated rings. The van der Waals surface area contributed by atoms with E-state index in [9.17, 15) is 4.79 Å². The van der Waals surface area contributed by atoms with Crippen molar-refractivity contribution >= 4 is 5.78 Å². The topological polar surface area (TPSA) is 17.1 Å². The average Bonchev–Trinajstić information content (AvgIpc) is 2.56. The van der Waals surface area contributed by atoms with Crippen LogP contribution in [0.15, 0.2) is 35.9 Å². The van der Waals surface area contributed by atoms with Crippen molar-refractivity contribution in [3.05, 3.63) is 47.0 Å². The second kappa shape index (κ2) is 13.1. The Bertz CT molecular complexity index is 471. The van der Waals surface area contributed by atoms with Gasteiger partial charge in [-0.15, -0.1) is 0 Å². The summed E-state index contributed by atoms with van der Waals surface area (Å²) in [6.07, 6.45) is 8.37. The number of allylic oxidation sites excluding steroid dienone is 2. The van der Waals surface area contributed by atoms with Crippen LogP contribution in [-0.4, -0.2) is 5.78 Å². The van der Waals surface area contributed by atoms with E-state index in [1.165, 1.54) is 42.4 Å². The van der Waals surface area contributed by atoms with Gasteiger partial charge < -0.3 is 0 Å². The lowest BCUT2D eigenvalue weighted by Gasteiger charge is -2.16. The summed E-state index contributed by atoms with van der Waals surface area (Å²) in [7, 11) is 0. The van der Waals surface area contributed by atoms with Crippen LogP contribution in [0.25, 0.3) is 0 Å². The highest BCUT2D eigenvalue weighted by Gasteiger charge is 2.11. The lowest BCUT2D eigenvalue weighted by molar-refractivity contribution is -0.114. The molecule has 0 aliphatic rings. The third-order valence-electron chi connectivity index (χ3n) is 4.06. The van der Waals surface area contributed by atoms with Gasteiger partial charge in [0.25, 0.3) is 0 Å². The van der Waals surface area contributed by atoms with E-state index in [0.717, 1.165) is 6.42 Å². The molecule has 0 saturated heterocycles. The summed E-state index contributed by atoms with van der Waals surface area (Å²) in [5.41, 5.74) is 3.89. The normalized spacial score (nSPS) is 12.3. The summed E-state index contributed by atoms with van der Waals surface area (Å²) in [4.78, 5) is 11.8. The van der Waals surface area contributed by atoms with E-state index in [2.05, 4.69) is 45.0 Å². The van der Waals surface area contributed by atoms with E-state index >= 15 is 0 Å². The molecule has 0 aromatic heterocycles. The highest BCUT2D eigenvalue weighted by Crippen LogP contribution is 2.23. The molecule has 0 amide bonds. The lowest BCUT2D eigenvalue weighted by atomic mass is 9.89. The Morgan fingerprint density at radius 1 is 1.17 bits per heavy atom. The predicted octanol–water partition coefficient (Wildman–Crippen LogP) is 6.69. The zero-order valence-electron chi connectivity index (χ0n) is 16.1. The van der Waals surface area contributed by atoms with Gasteiger partial charge in [0, 0.05) is 6.42 Å². The number of aryl methyl sites for hydroxylation is 1. The molecule has 0 saturated carbocycles. The monoisotopic (exact) mass is 316 g/mol. The zero-order chi connectivity index (χ0) is 17.7. The average molecular weight is 317 g/mol. The van der Waals surface area contributed by atoms with Crippen LogP contribution >= 0.6 is 0 Å². The number of carbonyl (C=O) groups excluding carboxylic acids is 1. The quantitative estimate of drug-likeness (QED) is 0.366. The van der Waals surface area contributed by atoms with Crippen LogP contribution in [0.2, 0.25) is 0 Å². The maximum absolute atomic E-state index is 11.8. The van der Waals surface area contributed by atoms with Gasteiger partial charge in [0.15, 0.2) is 5.78 Å². The molecule has 1 heteroatoms. The second-order valence-electron chi connectivity index (χ2n) is 6.10. The number of hydrogen-bond acceptors (Lipinski definition) is 1. The van der Waals surface area contributed by atoms with Gasteiger partial charge in [-0.25, -0.2) is 0 Å². The van der Waals surface area contributed by atoms with E-state index < -0.39 is 0 Å². The second-order valence-corrected chi connectivity index (χ2v) is 6.10. The first-order valence-electron chi connectivity index (χ1n) is 9.35. The molecule has 1 aromatic carbocycles. The van der Waals surface area contributed by atoms with Crippen LogP contribution in [-0.2, 0) is 11.2 Å². The van der Waals surface area contributed by atoms with Gasteiger partial charge in [0.05, 0.1) is 0 Å². The van der Waals surface area contributed by atoms with Crippen LogP contribution < -0.4 is 0 Å². The fourth-order valence-electron chi connectivity index (χ4n) is 2.62. The molecule has 0 aliphatic heterocycles. The fourth-order valence-corrected chi connectivity index (χ4v) is 2.62. The SMILES string of the molecule is CC.CCCCCC(C)/C(=C\C(=O)CC)Cc1cccc(C)c1. The molecule has 0 spiro atoms. The van der Waals surface area contributed by atoms with Crippen molar-refractivity contribution in [2.45, 2.75) is 80.1 Å². The lowest BCUT2D eigenvalue weighted by Crippen LogP contribution is -2.06. The molecule has 23 heavy (non-hydrogen) atoms. The minimum atomic E-state index is 0.250. The van der Waals surface area contributed by atoms with E-state index in [-0.39, 0.29) is 5.78 Å². The Labute approximate surface area is 144 Å². The highest BCUT2D eigenvalue weighted by molar-refractivity contribution is 5.90. The third kappa shape index (κ3) is 9.38. The Kier molecular flexibility index (Phi) is 12.3. The van der Waals surface area contributed by atoms with E-state index in [1.54, 1.807) is 0 Å². The number of unbranched alkanes of at least 4 members (excludes halogenated alkanes) is 2. The summed E-state index contributed by atoms with van der Waals surface area (Å²) in [6.45, 7) is 12.6. The van der Waals surface area contributed by atoms with E-state index in [4.69, 9.17) is 0 Å². The van der Waals surface area contributed by atoms with Crippen molar-refractivity contribution in [2.75, 3.05) is 0 Å². The van der Waals surface area contributed by atoms with Crippen molar-refractivity contribution in [1.82, 2.24) is 0 Å². The summed E-state index contributed by atoms with van der Waals surface area (Å²) < 4.78 is 0. The first kappa shape index (κ1) is 21.6. The summed E-state index contributed by atoms with van der Waals surface area (Å²) in [5, 5.41) is 0. The molecule has 0 aliphatic carbocycles. The third-order valence-corrected chi connectivity index (χ3v) is 4.06. The summed E-state index contributed by atoms with van der Waals surface area (Å²) in [5.74, 6) is 0.743. The Hall–Kier alpha value is -1.37. The van der Waals surface area contributed by atoms with Crippen LogP contribution in [0, 0.1) is 12.8 Å². The Morgan fingerprint density at radius 3 is 2.43 bits per heavy atom. The molecular weight excluding hydrogens is 280 g/mol. The van der Waals surface area contributed by atoms with Gasteiger partial charge in [0.2, 0.25) is 0 Å². The number of ketones is 1. The van der Waals surface area contributed by atoms with Gasteiger partial charge >= 0.3 is 0 Å². The first-order valence-corrected chi connectivity index (χ1v) is 9.35. The van der Waals surface area contributed by atoms with Gasteiger partial charge in [0.1, 0.15) is 0 Å². The van der Waals surface area contributed by atoms with Gasteiger partial charge in [-0.2, -0.15) is 0 Å². The van der Waals surface area contributed by atoms with Crippen LogP contribution in [0.1, 0.15) is 77.8 Å². The molecule has 1 rings (SSSR count). The largest absolute Gasteiger partial charge is 0.295 e. The van der Waals surface area contributed by atoms with Crippen molar-refractivity contribution in [2.24, 2.45) is 5.92 Å². The maximum Gasteiger partial charge on any atom is 0.155 e. The summed E-state index contributed by atoms with van der Waals surface area (Å²) >= 11 is 0. The molecule has 1 unspecified atom stereocenters. The van der Waals surface area contributed by atoms with Crippen molar-refractivity contribution in [1.29, 1.82) is 0 Å². The standard InChI is InChI=1S/C20H30O.C2H6/c1-5-7-8-11-17(4)19(15-20(21)6-2)14-18-12-9-10-16(3)13-18;1-2/h9-10,12-13,15,17H,5-8,11,14H2,1-4H3;1-2H3/b19-15-;. The van der Waals surface area contributed by atoms with Gasteiger partial charge in [-0.05, 0) is 37.3 Å². The maximum atomic E-state index is 11.8. The van der Waals surface area contributed by atoms with Gasteiger partial charge in [-0.3, -0.25) is 4.79 Å². The zero-order valence-corrected chi connectivity index (χ0v) is 16.1. The highest BCUT2D eigenvalue weighted by atomic mass is 16.1. The first-order chi connectivity index (χ1) is 11.1. The minimum Gasteiger partial charge on any atom is -0.295 e. The Morgan fingerprint density at radius 2 is 1.87 bits per heavy atom. The van der Waals surface area contributed by atoms with E-state index in [0.29, 0.717) is 12.3 Å².